The quantitative estimate of drug-likeness (QED) is 0.770. The van der Waals surface area contributed by atoms with E-state index >= 15 is 0 Å². The van der Waals surface area contributed by atoms with Crippen LogP contribution in [0.2, 0.25) is 0 Å². The molecule has 0 N–H and O–H groups in total. The predicted octanol–water partition coefficient (Wildman–Crippen LogP) is 3.04. The maximum atomic E-state index is 13.2. The summed E-state index contributed by atoms with van der Waals surface area (Å²) in [6, 6.07) is 2.57. The zero-order valence-electron chi connectivity index (χ0n) is 9.36. The van der Waals surface area contributed by atoms with Crippen molar-refractivity contribution in [3.8, 4) is 11.3 Å². The molecule has 0 aliphatic rings. The van der Waals surface area contributed by atoms with E-state index in [0.717, 1.165) is 5.56 Å². The Morgan fingerprint density at radius 1 is 1.53 bits per heavy atom. The van der Waals surface area contributed by atoms with Gasteiger partial charge >= 0.3 is 5.97 Å². The number of nitrogens with zero attached hydrogens (tertiary/aromatic N) is 1. The van der Waals surface area contributed by atoms with Crippen LogP contribution in [0.4, 0.5) is 4.39 Å². The van der Waals surface area contributed by atoms with Crippen molar-refractivity contribution in [3.05, 3.63) is 40.0 Å². The number of hydrogen-bond donors (Lipinski definition) is 0. The molecule has 0 bridgehead atoms. The van der Waals surface area contributed by atoms with Crippen LogP contribution in [0.15, 0.2) is 23.7 Å². The molecule has 0 unspecified atom stereocenters. The van der Waals surface area contributed by atoms with Gasteiger partial charge in [-0.3, -0.25) is 4.98 Å². The molecule has 2 aromatic heterocycles. The fraction of sp³-hybridized carbons (Fsp3) is 0.167. The van der Waals surface area contributed by atoms with Crippen LogP contribution in [0.5, 0.6) is 0 Å². The standard InChI is InChI=1S/C12H10FNO2S/c1-7-6-17-11(12(15)16-2)10(7)9-5-8(13)3-4-14-9/h3-6H,1-2H3. The Kier molecular flexibility index (Phi) is 3.19. The van der Waals surface area contributed by atoms with Gasteiger partial charge in [0.15, 0.2) is 0 Å². The van der Waals surface area contributed by atoms with Crippen molar-refractivity contribution in [2.24, 2.45) is 0 Å². The normalized spacial score (nSPS) is 10.3. The molecule has 0 aromatic carbocycles. The summed E-state index contributed by atoms with van der Waals surface area (Å²) < 4.78 is 17.8. The summed E-state index contributed by atoms with van der Waals surface area (Å²) in [5.41, 5.74) is 1.97. The third-order valence-electron chi connectivity index (χ3n) is 2.32. The molecule has 0 aliphatic heterocycles. The van der Waals surface area contributed by atoms with E-state index in [2.05, 4.69) is 4.98 Å². The predicted molar refractivity (Wildman–Crippen MR) is 63.6 cm³/mol. The van der Waals surface area contributed by atoms with E-state index in [1.807, 2.05) is 12.3 Å². The van der Waals surface area contributed by atoms with Crippen molar-refractivity contribution in [3.63, 3.8) is 0 Å². The maximum Gasteiger partial charge on any atom is 0.348 e. The highest BCUT2D eigenvalue weighted by Gasteiger charge is 2.19. The number of pyridine rings is 1. The smallest absolute Gasteiger partial charge is 0.348 e. The second kappa shape index (κ2) is 4.63. The van der Waals surface area contributed by atoms with Crippen LogP contribution >= 0.6 is 11.3 Å². The fourth-order valence-corrected chi connectivity index (χ4v) is 2.52. The van der Waals surface area contributed by atoms with Crippen molar-refractivity contribution in [1.82, 2.24) is 4.98 Å². The van der Waals surface area contributed by atoms with Gasteiger partial charge in [-0.15, -0.1) is 11.3 Å². The summed E-state index contributed by atoms with van der Waals surface area (Å²) in [7, 11) is 1.32. The van der Waals surface area contributed by atoms with Gasteiger partial charge in [0.2, 0.25) is 0 Å². The average molecular weight is 251 g/mol. The molecule has 0 aliphatic carbocycles. The second-order valence-corrected chi connectivity index (χ2v) is 4.35. The van der Waals surface area contributed by atoms with E-state index in [1.165, 1.54) is 36.8 Å². The lowest BCUT2D eigenvalue weighted by atomic mass is 10.1. The molecular formula is C12H10FNO2S. The number of methoxy groups -OCH3 is 1. The third kappa shape index (κ3) is 2.19. The van der Waals surface area contributed by atoms with Gasteiger partial charge in [-0.2, -0.15) is 0 Å². The molecule has 17 heavy (non-hydrogen) atoms. The Morgan fingerprint density at radius 3 is 2.94 bits per heavy atom. The minimum Gasteiger partial charge on any atom is -0.465 e. The maximum absolute atomic E-state index is 13.2. The summed E-state index contributed by atoms with van der Waals surface area (Å²) in [5, 5.41) is 1.83. The van der Waals surface area contributed by atoms with Crippen molar-refractivity contribution in [1.29, 1.82) is 0 Å². The summed E-state index contributed by atoms with van der Waals surface area (Å²) in [6.07, 6.45) is 1.38. The number of aryl methyl sites for hydroxylation is 1. The average Bonchev–Trinajstić information content (AvgIpc) is 2.70. The van der Waals surface area contributed by atoms with Crippen molar-refractivity contribution in [2.45, 2.75) is 6.92 Å². The number of ether oxygens (including phenoxy) is 1. The molecule has 0 saturated carbocycles. The first-order valence-electron chi connectivity index (χ1n) is 4.92. The zero-order valence-corrected chi connectivity index (χ0v) is 10.2. The van der Waals surface area contributed by atoms with Crippen molar-refractivity contribution >= 4 is 17.3 Å². The number of esters is 1. The lowest BCUT2D eigenvalue weighted by molar-refractivity contribution is 0.0607. The van der Waals surface area contributed by atoms with Gasteiger partial charge in [0.05, 0.1) is 12.8 Å². The van der Waals surface area contributed by atoms with Crippen molar-refractivity contribution < 1.29 is 13.9 Å². The molecule has 0 fully saturated rings. The van der Waals surface area contributed by atoms with Crippen LogP contribution in [-0.4, -0.2) is 18.1 Å². The van der Waals surface area contributed by atoms with Gasteiger partial charge in [-0.25, -0.2) is 9.18 Å². The van der Waals surface area contributed by atoms with Crippen LogP contribution in [0.3, 0.4) is 0 Å². The van der Waals surface area contributed by atoms with Gasteiger partial charge in [-0.1, -0.05) is 0 Å². The molecule has 0 amide bonds. The first-order chi connectivity index (χ1) is 8.13. The summed E-state index contributed by atoms with van der Waals surface area (Å²) in [4.78, 5) is 16.1. The lowest BCUT2D eigenvalue weighted by Gasteiger charge is -2.03. The first kappa shape index (κ1) is 11.7. The SMILES string of the molecule is COC(=O)c1scc(C)c1-c1cc(F)ccn1. The molecule has 0 radical (unpaired) electrons. The molecule has 2 aromatic rings. The largest absolute Gasteiger partial charge is 0.465 e. The molecule has 0 saturated heterocycles. The Hall–Kier alpha value is -1.75. The molecule has 2 rings (SSSR count). The number of carbonyl (C=O) groups excluding carboxylic acids is 1. The Labute approximate surface area is 102 Å². The zero-order chi connectivity index (χ0) is 12.4. The fourth-order valence-electron chi connectivity index (χ4n) is 1.55. The number of aromatic nitrogens is 1. The molecule has 2 heterocycles. The number of carbonyl (C=O) groups is 1. The van der Waals surface area contributed by atoms with E-state index in [4.69, 9.17) is 4.74 Å². The van der Waals surface area contributed by atoms with E-state index in [1.54, 1.807) is 0 Å². The number of halogens is 1. The molecule has 0 atom stereocenters. The minimum absolute atomic E-state index is 0.378. The van der Waals surface area contributed by atoms with Crippen LogP contribution in [-0.2, 0) is 4.74 Å². The Bertz CT molecular complexity index is 565. The van der Waals surface area contributed by atoms with E-state index in [-0.39, 0.29) is 5.82 Å². The monoisotopic (exact) mass is 251 g/mol. The number of thiophene rings is 1. The van der Waals surface area contributed by atoms with Gasteiger partial charge in [-0.05, 0) is 23.9 Å². The highest BCUT2D eigenvalue weighted by molar-refractivity contribution is 7.12. The summed E-state index contributed by atoms with van der Waals surface area (Å²) >= 11 is 1.27. The molecule has 0 spiro atoms. The van der Waals surface area contributed by atoms with Gasteiger partial charge < -0.3 is 4.74 Å². The first-order valence-corrected chi connectivity index (χ1v) is 5.79. The number of rotatable bonds is 2. The number of hydrogen-bond acceptors (Lipinski definition) is 4. The van der Waals surface area contributed by atoms with E-state index in [0.29, 0.717) is 16.1 Å². The van der Waals surface area contributed by atoms with Crippen LogP contribution < -0.4 is 0 Å². The van der Waals surface area contributed by atoms with Crippen LogP contribution in [0, 0.1) is 12.7 Å². The minimum atomic E-state index is -0.427. The topological polar surface area (TPSA) is 39.2 Å². The Balaban J connectivity index is 2.58. The summed E-state index contributed by atoms with van der Waals surface area (Å²) in [5.74, 6) is -0.805. The van der Waals surface area contributed by atoms with Crippen molar-refractivity contribution in [2.75, 3.05) is 7.11 Å². The third-order valence-corrected chi connectivity index (χ3v) is 3.40. The lowest BCUT2D eigenvalue weighted by Crippen LogP contribution is -2.01. The highest BCUT2D eigenvalue weighted by atomic mass is 32.1. The molecule has 88 valence electrons. The Morgan fingerprint density at radius 2 is 2.29 bits per heavy atom. The molecule has 5 heteroatoms. The van der Waals surface area contributed by atoms with Gasteiger partial charge in [0.1, 0.15) is 10.7 Å². The van der Waals surface area contributed by atoms with Gasteiger partial charge in [0.25, 0.3) is 0 Å². The summed E-state index contributed by atoms with van der Waals surface area (Å²) in [6.45, 7) is 1.85. The van der Waals surface area contributed by atoms with Crippen LogP contribution in [0.25, 0.3) is 11.3 Å². The molecular weight excluding hydrogens is 241 g/mol. The highest BCUT2D eigenvalue weighted by Crippen LogP contribution is 2.31. The second-order valence-electron chi connectivity index (χ2n) is 3.47. The van der Waals surface area contributed by atoms with Crippen LogP contribution in [0.1, 0.15) is 15.2 Å². The van der Waals surface area contributed by atoms with Gasteiger partial charge in [0, 0.05) is 17.8 Å². The van der Waals surface area contributed by atoms with E-state index in [9.17, 15) is 9.18 Å². The van der Waals surface area contributed by atoms with E-state index < -0.39 is 5.97 Å². The molecule has 3 nitrogen and oxygen atoms in total.